The molecule has 5 heteroatoms. The summed E-state index contributed by atoms with van der Waals surface area (Å²) in [6, 6.07) is 1.67. The van der Waals surface area contributed by atoms with Gasteiger partial charge in [0.2, 0.25) is 5.91 Å². The van der Waals surface area contributed by atoms with E-state index in [1.807, 2.05) is 0 Å². The lowest BCUT2D eigenvalue weighted by Gasteiger charge is -1.99. The third-order valence-corrected chi connectivity index (χ3v) is 3.09. The van der Waals surface area contributed by atoms with E-state index in [4.69, 9.17) is 5.11 Å². The van der Waals surface area contributed by atoms with Crippen LogP contribution < -0.4 is 5.32 Å². The first-order valence-corrected chi connectivity index (χ1v) is 5.60. The minimum Gasteiger partial charge on any atom is -0.477 e. The largest absolute Gasteiger partial charge is 0.477 e. The highest BCUT2D eigenvalue weighted by Gasteiger charge is 2.13. The van der Waals surface area contributed by atoms with Crippen LogP contribution in [0.3, 0.4) is 0 Å². The topological polar surface area (TPSA) is 66.4 Å². The number of nitrogens with one attached hydrogen (secondary N) is 1. The number of amides is 1. The fourth-order valence-corrected chi connectivity index (χ4v) is 2.12. The van der Waals surface area contributed by atoms with Crippen molar-refractivity contribution in [3.63, 3.8) is 0 Å². The zero-order valence-electron chi connectivity index (χ0n) is 8.95. The van der Waals surface area contributed by atoms with Crippen molar-refractivity contribution in [3.05, 3.63) is 29.2 Å². The molecule has 1 rings (SSSR count). The van der Waals surface area contributed by atoms with E-state index in [0.29, 0.717) is 23.4 Å². The van der Waals surface area contributed by atoms with Crippen LogP contribution >= 0.6 is 11.3 Å². The summed E-state index contributed by atoms with van der Waals surface area (Å²) in [4.78, 5) is 22.4. The Morgan fingerprint density at radius 2 is 2.31 bits per heavy atom. The van der Waals surface area contributed by atoms with E-state index >= 15 is 0 Å². The molecule has 0 unspecified atom stereocenters. The summed E-state index contributed by atoms with van der Waals surface area (Å²) in [5.41, 5.74) is 0.663. The molecule has 4 nitrogen and oxygen atoms in total. The summed E-state index contributed by atoms with van der Waals surface area (Å²) in [6.45, 7) is 5.23. The lowest BCUT2D eigenvalue weighted by Crippen LogP contribution is -2.09. The minimum absolute atomic E-state index is 0.127. The molecule has 0 fully saturated rings. The van der Waals surface area contributed by atoms with Crippen molar-refractivity contribution in [2.45, 2.75) is 19.8 Å². The number of hydrogen-bond donors (Lipinski definition) is 2. The number of thiophene rings is 1. The Bertz CT molecular complexity index is 423. The predicted octanol–water partition coefficient (Wildman–Crippen LogP) is 2.66. The lowest BCUT2D eigenvalue weighted by atomic mass is 10.3. The molecule has 0 saturated heterocycles. The van der Waals surface area contributed by atoms with Gasteiger partial charge in [0, 0.05) is 6.42 Å². The van der Waals surface area contributed by atoms with Crippen molar-refractivity contribution in [1.29, 1.82) is 0 Å². The average molecular weight is 239 g/mol. The standard InChI is InChI=1S/C11H13NO3S/c1-3-4-5-8(13)12-9-6-7(2)10(16-9)11(14)15/h3,6H,1,4-5H2,2H3,(H,12,13)(H,14,15). The van der Waals surface area contributed by atoms with Gasteiger partial charge >= 0.3 is 5.97 Å². The number of rotatable bonds is 5. The number of aryl methyl sites for hydroxylation is 1. The number of allylic oxidation sites excluding steroid dienone is 1. The lowest BCUT2D eigenvalue weighted by molar-refractivity contribution is -0.116. The number of hydrogen-bond acceptors (Lipinski definition) is 3. The first-order valence-electron chi connectivity index (χ1n) is 4.79. The third kappa shape index (κ3) is 3.20. The van der Waals surface area contributed by atoms with Crippen LogP contribution in [0.1, 0.15) is 28.1 Å². The molecule has 2 N–H and O–H groups in total. The van der Waals surface area contributed by atoms with Gasteiger partial charge in [-0.05, 0) is 25.0 Å². The van der Waals surface area contributed by atoms with Crippen LogP contribution in [0.5, 0.6) is 0 Å². The van der Waals surface area contributed by atoms with Crippen molar-refractivity contribution in [3.8, 4) is 0 Å². The van der Waals surface area contributed by atoms with Crippen LogP contribution in [0, 0.1) is 6.92 Å². The molecule has 16 heavy (non-hydrogen) atoms. The fraction of sp³-hybridized carbons (Fsp3) is 0.273. The van der Waals surface area contributed by atoms with Crippen molar-refractivity contribution < 1.29 is 14.7 Å². The second-order valence-electron chi connectivity index (χ2n) is 3.30. The molecular weight excluding hydrogens is 226 g/mol. The van der Waals surface area contributed by atoms with Crippen LogP contribution in [0.15, 0.2) is 18.7 Å². The van der Waals surface area contributed by atoms with E-state index in [2.05, 4.69) is 11.9 Å². The van der Waals surface area contributed by atoms with Crippen molar-refractivity contribution in [2.24, 2.45) is 0 Å². The maximum Gasteiger partial charge on any atom is 0.346 e. The molecule has 0 bridgehead atoms. The molecule has 0 radical (unpaired) electrons. The molecule has 86 valence electrons. The van der Waals surface area contributed by atoms with Crippen LogP contribution in [0.2, 0.25) is 0 Å². The van der Waals surface area contributed by atoms with E-state index in [1.165, 1.54) is 0 Å². The van der Waals surface area contributed by atoms with Crippen molar-refractivity contribution in [1.82, 2.24) is 0 Å². The Morgan fingerprint density at radius 3 is 2.81 bits per heavy atom. The number of carboxylic acid groups (broad SMARTS) is 1. The summed E-state index contributed by atoms with van der Waals surface area (Å²) in [7, 11) is 0. The van der Waals surface area contributed by atoms with Gasteiger partial charge in [0.1, 0.15) is 4.88 Å². The summed E-state index contributed by atoms with van der Waals surface area (Å²) >= 11 is 1.07. The van der Waals surface area contributed by atoms with Crippen molar-refractivity contribution >= 4 is 28.2 Å². The van der Waals surface area contributed by atoms with E-state index in [0.717, 1.165) is 11.3 Å². The molecule has 0 aliphatic heterocycles. The predicted molar refractivity (Wildman–Crippen MR) is 64.1 cm³/mol. The summed E-state index contributed by atoms with van der Waals surface area (Å²) in [5, 5.41) is 12.1. The maximum absolute atomic E-state index is 11.4. The number of carbonyl (C=O) groups excluding carboxylic acids is 1. The molecule has 1 amide bonds. The van der Waals surface area contributed by atoms with Gasteiger partial charge in [0.15, 0.2) is 0 Å². The highest BCUT2D eigenvalue weighted by molar-refractivity contribution is 7.18. The summed E-state index contributed by atoms with van der Waals surface area (Å²) < 4.78 is 0. The Hall–Kier alpha value is -1.62. The number of carbonyl (C=O) groups is 2. The van der Waals surface area contributed by atoms with Gasteiger partial charge in [-0.1, -0.05) is 6.08 Å². The molecule has 1 heterocycles. The third-order valence-electron chi connectivity index (χ3n) is 1.95. The van der Waals surface area contributed by atoms with Gasteiger partial charge < -0.3 is 10.4 Å². The van der Waals surface area contributed by atoms with E-state index < -0.39 is 5.97 Å². The van der Waals surface area contributed by atoms with Gasteiger partial charge in [0.25, 0.3) is 0 Å². The van der Waals surface area contributed by atoms with E-state index in [-0.39, 0.29) is 10.8 Å². The summed E-state index contributed by atoms with van der Waals surface area (Å²) in [5.74, 6) is -1.09. The Kier molecular flexibility index (Phi) is 4.25. The van der Waals surface area contributed by atoms with E-state index in [1.54, 1.807) is 19.1 Å². The second-order valence-corrected chi connectivity index (χ2v) is 4.36. The maximum atomic E-state index is 11.4. The molecule has 0 aliphatic carbocycles. The monoisotopic (exact) mass is 239 g/mol. The van der Waals surface area contributed by atoms with Gasteiger partial charge in [0.05, 0.1) is 5.00 Å². The van der Waals surface area contributed by atoms with E-state index in [9.17, 15) is 9.59 Å². The normalized spacial score (nSPS) is 9.81. The fourth-order valence-electron chi connectivity index (χ4n) is 1.19. The molecule has 0 saturated carbocycles. The van der Waals surface area contributed by atoms with Crippen LogP contribution in [-0.4, -0.2) is 17.0 Å². The van der Waals surface area contributed by atoms with Gasteiger partial charge in [-0.25, -0.2) is 4.79 Å². The van der Waals surface area contributed by atoms with Crippen LogP contribution in [0.25, 0.3) is 0 Å². The minimum atomic E-state index is -0.964. The smallest absolute Gasteiger partial charge is 0.346 e. The highest BCUT2D eigenvalue weighted by atomic mass is 32.1. The SMILES string of the molecule is C=CCCC(=O)Nc1cc(C)c(C(=O)O)s1. The van der Waals surface area contributed by atoms with Gasteiger partial charge in [-0.15, -0.1) is 17.9 Å². The molecular formula is C11H13NO3S. The zero-order valence-corrected chi connectivity index (χ0v) is 9.76. The average Bonchev–Trinajstić information content (AvgIpc) is 2.56. The van der Waals surface area contributed by atoms with Gasteiger partial charge in [-0.3, -0.25) is 4.79 Å². The number of anilines is 1. The molecule has 0 spiro atoms. The first-order chi connectivity index (χ1) is 7.54. The first kappa shape index (κ1) is 12.4. The van der Waals surface area contributed by atoms with Crippen LogP contribution in [0.4, 0.5) is 5.00 Å². The number of aromatic carboxylic acids is 1. The Balaban J connectivity index is 2.68. The van der Waals surface area contributed by atoms with Crippen LogP contribution in [-0.2, 0) is 4.79 Å². The molecule has 0 aliphatic rings. The zero-order chi connectivity index (χ0) is 12.1. The molecule has 1 aromatic rings. The van der Waals surface area contributed by atoms with Gasteiger partial charge in [-0.2, -0.15) is 0 Å². The molecule has 0 atom stereocenters. The second kappa shape index (κ2) is 5.46. The summed E-state index contributed by atoms with van der Waals surface area (Å²) in [6.07, 6.45) is 2.65. The Labute approximate surface area is 97.6 Å². The number of carboxylic acids is 1. The quantitative estimate of drug-likeness (QED) is 0.776. The Morgan fingerprint density at radius 1 is 1.62 bits per heavy atom. The van der Waals surface area contributed by atoms with Crippen molar-refractivity contribution in [2.75, 3.05) is 5.32 Å². The molecule has 1 aromatic heterocycles. The molecule has 0 aromatic carbocycles. The highest BCUT2D eigenvalue weighted by Crippen LogP contribution is 2.26.